The van der Waals surface area contributed by atoms with Crippen molar-refractivity contribution in [3.05, 3.63) is 78.3 Å². The van der Waals surface area contributed by atoms with E-state index in [9.17, 15) is 0 Å². The highest BCUT2D eigenvalue weighted by Gasteiger charge is 2.33. The minimum atomic E-state index is -0.291. The summed E-state index contributed by atoms with van der Waals surface area (Å²) in [5.41, 5.74) is 5.00. The molecule has 0 unspecified atom stereocenters. The molecule has 0 radical (unpaired) electrons. The van der Waals surface area contributed by atoms with Gasteiger partial charge in [-0.1, -0.05) is 56.8 Å². The Hall–Kier alpha value is -1.75. The largest absolute Gasteiger partial charge is 0.293 e. The second kappa shape index (κ2) is 6.40. The summed E-state index contributed by atoms with van der Waals surface area (Å²) in [6.45, 7) is 10.9. The summed E-state index contributed by atoms with van der Waals surface area (Å²) >= 11 is -0.291. The molecule has 3 rings (SSSR count). The number of benzene rings is 1. The van der Waals surface area contributed by atoms with E-state index in [2.05, 4.69) is 77.9 Å². The predicted molar refractivity (Wildman–Crippen MR) is 109 cm³/mol. The molecule has 0 saturated heterocycles. The molecule has 3 heteroatoms. The Labute approximate surface area is 148 Å². The van der Waals surface area contributed by atoms with E-state index >= 15 is 0 Å². The fourth-order valence-corrected chi connectivity index (χ4v) is 5.55. The molecule has 1 aromatic heterocycles. The van der Waals surface area contributed by atoms with Crippen LogP contribution in [0.2, 0.25) is 0 Å². The Balaban J connectivity index is 2.06. The average molecular weight is 416 g/mol. The minimum absolute atomic E-state index is 0.0501. The van der Waals surface area contributed by atoms with E-state index in [1.807, 2.05) is 12.3 Å². The van der Waals surface area contributed by atoms with Gasteiger partial charge in [0.15, 0.2) is 0 Å². The van der Waals surface area contributed by atoms with Crippen molar-refractivity contribution < 1.29 is 0 Å². The van der Waals surface area contributed by atoms with Gasteiger partial charge in [-0.15, -0.1) is 0 Å². The highest BCUT2D eigenvalue weighted by Crippen LogP contribution is 2.45. The zero-order chi connectivity index (χ0) is 16.4. The number of rotatable bonds is 3. The van der Waals surface area contributed by atoms with Crippen LogP contribution in [-0.2, 0) is 5.41 Å². The maximum atomic E-state index is 4.19. The molecular formula is C20H21IN2. The van der Waals surface area contributed by atoms with Crippen LogP contribution in [0.5, 0.6) is 0 Å². The van der Waals surface area contributed by atoms with Gasteiger partial charge < -0.3 is 0 Å². The lowest BCUT2D eigenvalue weighted by molar-refractivity contribution is 0.733. The first-order chi connectivity index (χ1) is 11.0. The van der Waals surface area contributed by atoms with Gasteiger partial charge in [0, 0.05) is 48.0 Å². The number of hydrogen-bond donors (Lipinski definition) is 0. The van der Waals surface area contributed by atoms with Gasteiger partial charge in [0.25, 0.3) is 0 Å². The smallest absolute Gasteiger partial charge is 0.0543 e. The second-order valence-electron chi connectivity index (χ2n) is 6.21. The summed E-state index contributed by atoms with van der Waals surface area (Å²) in [4.78, 5) is 4.19. The quantitative estimate of drug-likeness (QED) is 0.486. The van der Waals surface area contributed by atoms with Crippen LogP contribution < -0.4 is 3.11 Å². The number of aromatic nitrogens is 1. The molecule has 0 N–H and O–H groups in total. The van der Waals surface area contributed by atoms with Gasteiger partial charge in [-0.2, -0.15) is 0 Å². The standard InChI is InChI=1S/C20H21IN2/c1-15(2)23-18-10-6-5-9-17(18)20(3,4)19(21-23)12-11-16-8-7-13-22-14-16/h5-14H,1H2,2-4H3/b12-11-. The van der Waals surface area contributed by atoms with E-state index in [0.717, 1.165) is 11.3 Å². The molecule has 1 aliphatic rings. The molecule has 23 heavy (non-hydrogen) atoms. The molecule has 1 aromatic carbocycles. The van der Waals surface area contributed by atoms with Crippen molar-refractivity contribution in [1.29, 1.82) is 0 Å². The highest BCUT2D eigenvalue weighted by molar-refractivity contribution is 14.2. The summed E-state index contributed by atoms with van der Waals surface area (Å²) in [5.74, 6) is 0. The van der Waals surface area contributed by atoms with Gasteiger partial charge in [0.2, 0.25) is 0 Å². The van der Waals surface area contributed by atoms with E-state index in [1.54, 1.807) is 6.20 Å². The zero-order valence-electron chi connectivity index (χ0n) is 13.8. The van der Waals surface area contributed by atoms with Crippen molar-refractivity contribution in [1.82, 2.24) is 4.98 Å². The maximum Gasteiger partial charge on any atom is 0.0543 e. The van der Waals surface area contributed by atoms with E-state index < -0.39 is 0 Å². The maximum absolute atomic E-state index is 4.19. The summed E-state index contributed by atoms with van der Waals surface area (Å²) in [5, 5.41) is 0. The molecular weight excluding hydrogens is 395 g/mol. The second-order valence-corrected chi connectivity index (χ2v) is 8.82. The first-order valence-corrected chi connectivity index (χ1v) is 9.70. The number of fused-ring (bicyclic) bond motifs is 1. The summed E-state index contributed by atoms with van der Waals surface area (Å²) < 4.78 is 3.89. The number of halogens is 1. The number of nitrogens with zero attached hydrogens (tertiary/aromatic N) is 2. The SMILES string of the molecule is C=C(C)N1I=C(/C=C\c2cccnc2)C(C)(C)c2ccccc21. The third-order valence-corrected chi connectivity index (χ3v) is 8.06. The lowest BCUT2D eigenvalue weighted by Gasteiger charge is -2.38. The summed E-state index contributed by atoms with van der Waals surface area (Å²) in [7, 11) is 0. The van der Waals surface area contributed by atoms with Crippen LogP contribution in [0.1, 0.15) is 31.9 Å². The molecule has 0 spiro atoms. The number of anilines is 1. The zero-order valence-corrected chi connectivity index (χ0v) is 15.9. The van der Waals surface area contributed by atoms with Crippen molar-refractivity contribution in [2.24, 2.45) is 0 Å². The molecule has 0 saturated carbocycles. The van der Waals surface area contributed by atoms with E-state index in [0.29, 0.717) is 0 Å². The van der Waals surface area contributed by atoms with E-state index in [1.165, 1.54) is 14.8 Å². The lowest BCUT2D eigenvalue weighted by Crippen LogP contribution is -2.33. The molecule has 0 bridgehead atoms. The normalized spacial score (nSPS) is 16.5. The molecule has 2 heterocycles. The minimum Gasteiger partial charge on any atom is -0.293 e. The van der Waals surface area contributed by atoms with Crippen LogP contribution in [0.25, 0.3) is 6.08 Å². The number of allylic oxidation sites excluding steroid dienone is 2. The Kier molecular flexibility index (Phi) is 4.48. The molecule has 2 nitrogen and oxygen atoms in total. The van der Waals surface area contributed by atoms with Crippen molar-refractivity contribution in [2.45, 2.75) is 26.2 Å². The number of hydrogen-bond acceptors (Lipinski definition) is 2. The van der Waals surface area contributed by atoms with Gasteiger partial charge in [-0.3, -0.25) is 8.10 Å². The van der Waals surface area contributed by atoms with Crippen LogP contribution >= 0.6 is 21.0 Å². The van der Waals surface area contributed by atoms with E-state index in [-0.39, 0.29) is 26.4 Å². The average Bonchev–Trinajstić information content (AvgIpc) is 2.55. The number of pyridine rings is 1. The van der Waals surface area contributed by atoms with Crippen LogP contribution in [-0.4, -0.2) is 8.49 Å². The van der Waals surface area contributed by atoms with Crippen LogP contribution in [0.3, 0.4) is 0 Å². The first kappa shape index (κ1) is 16.1. The van der Waals surface area contributed by atoms with Crippen LogP contribution in [0.15, 0.2) is 67.1 Å². The molecule has 0 aliphatic carbocycles. The summed E-state index contributed by atoms with van der Waals surface area (Å²) in [6.07, 6.45) is 8.17. The van der Waals surface area contributed by atoms with Gasteiger partial charge >= 0.3 is 0 Å². The monoisotopic (exact) mass is 416 g/mol. The molecule has 0 fully saturated rings. The van der Waals surface area contributed by atoms with Gasteiger partial charge in [0.1, 0.15) is 0 Å². The predicted octanol–water partition coefficient (Wildman–Crippen LogP) is 5.48. The highest BCUT2D eigenvalue weighted by atomic mass is 127. The Bertz CT molecular complexity index is 788. The van der Waals surface area contributed by atoms with Crippen molar-refractivity contribution >= 4 is 36.3 Å². The molecule has 1 aliphatic heterocycles. The van der Waals surface area contributed by atoms with Gasteiger partial charge in [-0.05, 0) is 30.2 Å². The number of para-hydroxylation sites is 1. The van der Waals surface area contributed by atoms with Gasteiger partial charge in [-0.25, -0.2) is 0 Å². The van der Waals surface area contributed by atoms with Crippen molar-refractivity contribution in [3.8, 4) is 0 Å². The Morgan fingerprint density at radius 1 is 1.17 bits per heavy atom. The van der Waals surface area contributed by atoms with Crippen molar-refractivity contribution in [3.63, 3.8) is 0 Å². The molecule has 0 atom stereocenters. The van der Waals surface area contributed by atoms with E-state index in [4.69, 9.17) is 0 Å². The van der Waals surface area contributed by atoms with Crippen molar-refractivity contribution in [2.75, 3.05) is 3.11 Å². The van der Waals surface area contributed by atoms with Crippen LogP contribution in [0, 0.1) is 0 Å². The van der Waals surface area contributed by atoms with Crippen LogP contribution in [0.4, 0.5) is 5.69 Å². The fourth-order valence-electron chi connectivity index (χ4n) is 2.70. The topological polar surface area (TPSA) is 16.1 Å². The lowest BCUT2D eigenvalue weighted by atomic mass is 9.80. The third-order valence-electron chi connectivity index (χ3n) is 4.00. The first-order valence-electron chi connectivity index (χ1n) is 7.66. The summed E-state index contributed by atoms with van der Waals surface area (Å²) in [6, 6.07) is 12.8. The van der Waals surface area contributed by atoms with Gasteiger partial charge in [0.05, 0.1) is 5.69 Å². The Morgan fingerprint density at radius 2 is 1.96 bits per heavy atom. The Morgan fingerprint density at radius 3 is 2.65 bits per heavy atom. The molecule has 118 valence electrons. The molecule has 2 aromatic rings. The fraction of sp³-hybridized carbons (Fsp3) is 0.200. The molecule has 0 amide bonds. The third kappa shape index (κ3) is 3.15.